The third-order valence-electron chi connectivity index (χ3n) is 5.23. The normalized spacial score (nSPS) is 48.1. The number of methoxy groups -OCH3 is 1. The standard InChI is InChI=1S/C13H20O4/c1-5-6(2)9-7(3)8(5)10(12(14)15)11(9)13(16)17-4/h5-11H,1-4H3,(H,14,15)/t5-,6-,7?,8?,9?,10-,11+/m1/s1. The van der Waals surface area contributed by atoms with Gasteiger partial charge < -0.3 is 9.84 Å². The number of hydrogen-bond acceptors (Lipinski definition) is 3. The fraction of sp³-hybridized carbons (Fsp3) is 0.846. The minimum Gasteiger partial charge on any atom is -0.481 e. The zero-order valence-corrected chi connectivity index (χ0v) is 10.7. The van der Waals surface area contributed by atoms with Gasteiger partial charge in [0, 0.05) is 0 Å². The summed E-state index contributed by atoms with van der Waals surface area (Å²) in [5, 5.41) is 9.36. The first kappa shape index (κ1) is 12.4. The largest absolute Gasteiger partial charge is 0.481 e. The Balaban J connectivity index is 2.39. The molecule has 0 saturated heterocycles. The Hall–Kier alpha value is -1.06. The summed E-state index contributed by atoms with van der Waals surface area (Å²) in [6.07, 6.45) is 0. The average Bonchev–Trinajstić information content (AvgIpc) is 2.68. The van der Waals surface area contributed by atoms with E-state index in [1.165, 1.54) is 7.11 Å². The van der Waals surface area contributed by atoms with E-state index in [0.717, 1.165) is 0 Å². The number of aliphatic carboxylic acids is 1. The van der Waals surface area contributed by atoms with Crippen molar-refractivity contribution in [3.05, 3.63) is 0 Å². The van der Waals surface area contributed by atoms with Crippen LogP contribution in [0, 0.1) is 41.4 Å². The van der Waals surface area contributed by atoms with Gasteiger partial charge in [-0.05, 0) is 29.6 Å². The number of esters is 1. The second kappa shape index (κ2) is 4.00. The SMILES string of the molecule is COC(=O)[C@H]1C2C(C)C([C@H]1C(=O)O)[C@H](C)[C@H]2C. The monoisotopic (exact) mass is 240 g/mol. The molecule has 7 atom stereocenters. The van der Waals surface area contributed by atoms with Crippen molar-refractivity contribution in [3.63, 3.8) is 0 Å². The van der Waals surface area contributed by atoms with E-state index in [-0.39, 0.29) is 17.8 Å². The van der Waals surface area contributed by atoms with Gasteiger partial charge in [-0.3, -0.25) is 9.59 Å². The Morgan fingerprint density at radius 3 is 1.82 bits per heavy atom. The molecule has 1 N–H and O–H groups in total. The van der Waals surface area contributed by atoms with E-state index in [9.17, 15) is 14.7 Å². The summed E-state index contributed by atoms with van der Waals surface area (Å²) in [6, 6.07) is 0. The van der Waals surface area contributed by atoms with Crippen LogP contribution in [-0.4, -0.2) is 24.2 Å². The lowest BCUT2D eigenvalue weighted by atomic mass is 9.69. The first-order valence-corrected chi connectivity index (χ1v) is 6.22. The van der Waals surface area contributed by atoms with Crippen molar-refractivity contribution in [2.24, 2.45) is 41.4 Å². The molecule has 4 nitrogen and oxygen atoms in total. The lowest BCUT2D eigenvalue weighted by Gasteiger charge is -2.34. The van der Waals surface area contributed by atoms with Gasteiger partial charge in [0.2, 0.25) is 0 Å². The molecule has 96 valence electrons. The van der Waals surface area contributed by atoms with Crippen LogP contribution < -0.4 is 0 Å². The summed E-state index contributed by atoms with van der Waals surface area (Å²) in [6.45, 7) is 6.31. The number of fused-ring (bicyclic) bond motifs is 2. The average molecular weight is 240 g/mol. The highest BCUT2D eigenvalue weighted by Crippen LogP contribution is 2.61. The van der Waals surface area contributed by atoms with Crippen LogP contribution in [-0.2, 0) is 14.3 Å². The van der Waals surface area contributed by atoms with Crippen molar-refractivity contribution in [2.75, 3.05) is 7.11 Å². The number of carboxylic acid groups (broad SMARTS) is 1. The van der Waals surface area contributed by atoms with Crippen LogP contribution in [0.4, 0.5) is 0 Å². The van der Waals surface area contributed by atoms with E-state index >= 15 is 0 Å². The van der Waals surface area contributed by atoms with Crippen LogP contribution in [0.2, 0.25) is 0 Å². The van der Waals surface area contributed by atoms with Crippen LogP contribution in [0.3, 0.4) is 0 Å². The van der Waals surface area contributed by atoms with Crippen LogP contribution in [0.1, 0.15) is 20.8 Å². The summed E-state index contributed by atoms with van der Waals surface area (Å²) in [5.74, 6) is -0.886. The van der Waals surface area contributed by atoms with E-state index in [0.29, 0.717) is 17.8 Å². The summed E-state index contributed by atoms with van der Waals surface area (Å²) in [5.41, 5.74) is 0. The molecule has 3 unspecified atom stereocenters. The number of rotatable bonds is 2. The molecular formula is C13H20O4. The smallest absolute Gasteiger partial charge is 0.309 e. The molecule has 0 radical (unpaired) electrons. The molecule has 2 saturated carbocycles. The number of carboxylic acids is 1. The molecular weight excluding hydrogens is 220 g/mol. The zero-order chi connectivity index (χ0) is 12.9. The molecule has 2 aliphatic rings. The lowest BCUT2D eigenvalue weighted by molar-refractivity contribution is -0.160. The van der Waals surface area contributed by atoms with Gasteiger partial charge in [0.1, 0.15) is 0 Å². The van der Waals surface area contributed by atoms with Crippen LogP contribution >= 0.6 is 0 Å². The molecule has 0 heterocycles. The van der Waals surface area contributed by atoms with Gasteiger partial charge in [-0.15, -0.1) is 0 Å². The Labute approximate surface area is 101 Å². The predicted octanol–water partition coefficient (Wildman–Crippen LogP) is 1.64. The van der Waals surface area contributed by atoms with Gasteiger partial charge in [-0.1, -0.05) is 20.8 Å². The molecule has 4 heteroatoms. The highest BCUT2D eigenvalue weighted by Gasteiger charge is 2.64. The topological polar surface area (TPSA) is 63.6 Å². The lowest BCUT2D eigenvalue weighted by Crippen LogP contribution is -2.41. The fourth-order valence-electron chi connectivity index (χ4n) is 4.46. The van der Waals surface area contributed by atoms with Crippen LogP contribution in [0.15, 0.2) is 0 Å². The summed E-state index contributed by atoms with van der Waals surface area (Å²) < 4.78 is 4.80. The van der Waals surface area contributed by atoms with Crippen LogP contribution in [0.25, 0.3) is 0 Å². The second-order valence-corrected chi connectivity index (χ2v) is 5.65. The van der Waals surface area contributed by atoms with Gasteiger partial charge >= 0.3 is 11.9 Å². The number of hydrogen-bond donors (Lipinski definition) is 1. The van der Waals surface area contributed by atoms with Crippen molar-refractivity contribution in [2.45, 2.75) is 20.8 Å². The van der Waals surface area contributed by atoms with Crippen molar-refractivity contribution in [3.8, 4) is 0 Å². The van der Waals surface area contributed by atoms with E-state index < -0.39 is 17.8 Å². The van der Waals surface area contributed by atoms with Crippen LogP contribution in [0.5, 0.6) is 0 Å². The maximum Gasteiger partial charge on any atom is 0.309 e. The molecule has 0 aromatic heterocycles. The molecule has 2 bridgehead atoms. The van der Waals surface area contributed by atoms with Crippen molar-refractivity contribution < 1.29 is 19.4 Å². The highest BCUT2D eigenvalue weighted by atomic mass is 16.5. The molecule has 17 heavy (non-hydrogen) atoms. The number of carbonyl (C=O) groups excluding carboxylic acids is 1. The minimum absolute atomic E-state index is 0.108. The van der Waals surface area contributed by atoms with Gasteiger partial charge in [-0.25, -0.2) is 0 Å². The Morgan fingerprint density at radius 2 is 1.41 bits per heavy atom. The Kier molecular flexibility index (Phi) is 2.92. The summed E-state index contributed by atoms with van der Waals surface area (Å²) in [4.78, 5) is 23.2. The highest BCUT2D eigenvalue weighted by molar-refractivity contribution is 5.83. The molecule has 0 aromatic rings. The second-order valence-electron chi connectivity index (χ2n) is 5.65. The molecule has 0 aromatic carbocycles. The molecule has 2 fully saturated rings. The minimum atomic E-state index is -0.849. The van der Waals surface area contributed by atoms with E-state index in [1.54, 1.807) is 0 Å². The van der Waals surface area contributed by atoms with Crippen molar-refractivity contribution in [1.29, 1.82) is 0 Å². The maximum atomic E-state index is 11.8. The number of ether oxygens (including phenoxy) is 1. The number of carbonyl (C=O) groups is 2. The van der Waals surface area contributed by atoms with Gasteiger partial charge in [0.25, 0.3) is 0 Å². The first-order valence-electron chi connectivity index (χ1n) is 6.22. The van der Waals surface area contributed by atoms with Gasteiger partial charge in [0.05, 0.1) is 18.9 Å². The van der Waals surface area contributed by atoms with Gasteiger partial charge in [0.15, 0.2) is 0 Å². The van der Waals surface area contributed by atoms with E-state index in [1.807, 2.05) is 0 Å². The Morgan fingerprint density at radius 1 is 0.941 bits per heavy atom. The summed E-state index contributed by atoms with van der Waals surface area (Å²) in [7, 11) is 1.34. The molecule has 2 rings (SSSR count). The molecule has 0 spiro atoms. The quantitative estimate of drug-likeness (QED) is 0.745. The first-order chi connectivity index (χ1) is 7.91. The third kappa shape index (κ3) is 1.49. The Bertz CT molecular complexity index is 351. The third-order valence-corrected chi connectivity index (χ3v) is 5.23. The maximum absolute atomic E-state index is 11.8. The van der Waals surface area contributed by atoms with E-state index in [4.69, 9.17) is 4.74 Å². The van der Waals surface area contributed by atoms with Gasteiger partial charge in [-0.2, -0.15) is 0 Å². The van der Waals surface area contributed by atoms with E-state index in [2.05, 4.69) is 20.8 Å². The zero-order valence-electron chi connectivity index (χ0n) is 10.7. The fourth-order valence-corrected chi connectivity index (χ4v) is 4.46. The van der Waals surface area contributed by atoms with Crippen molar-refractivity contribution >= 4 is 11.9 Å². The summed E-state index contributed by atoms with van der Waals surface area (Å²) >= 11 is 0. The van der Waals surface area contributed by atoms with Crippen molar-refractivity contribution in [1.82, 2.24) is 0 Å². The predicted molar refractivity (Wildman–Crippen MR) is 61.1 cm³/mol. The molecule has 2 aliphatic carbocycles. The molecule has 0 aliphatic heterocycles. The molecule has 0 amide bonds.